The van der Waals surface area contributed by atoms with E-state index in [0.717, 1.165) is 69.1 Å². The number of amides is 1. The van der Waals surface area contributed by atoms with Gasteiger partial charge >= 0.3 is 0 Å². The van der Waals surface area contributed by atoms with Gasteiger partial charge in [0.2, 0.25) is 5.91 Å². The van der Waals surface area contributed by atoms with Gasteiger partial charge in [0.15, 0.2) is 0 Å². The highest BCUT2D eigenvalue weighted by Crippen LogP contribution is 2.32. The maximum atomic E-state index is 12.7. The fraction of sp³-hybridized carbons (Fsp3) is 0.567. The van der Waals surface area contributed by atoms with Crippen molar-refractivity contribution in [3.63, 3.8) is 0 Å². The fourth-order valence-electron chi connectivity index (χ4n) is 5.40. The standard InChI is InChI=1S/C30H42N2O3/c1-23(2)35-29-11-9-10-25(21-29)26-12-13-30-27(20-26)22-31(28-14-18-34-19-15-28)16-7-5-4-6-8-17-32(30)24(3)33/h9-13,20-21,23,28H,4-8,14-19,22H2,1-3H3. The van der Waals surface area contributed by atoms with Crippen LogP contribution < -0.4 is 9.64 Å². The second-order valence-corrected chi connectivity index (χ2v) is 10.3. The van der Waals surface area contributed by atoms with E-state index in [0.29, 0.717) is 6.04 Å². The molecule has 2 aliphatic heterocycles. The molecule has 0 spiro atoms. The second kappa shape index (κ2) is 12.5. The van der Waals surface area contributed by atoms with E-state index >= 15 is 0 Å². The Hall–Kier alpha value is -2.37. The van der Waals surface area contributed by atoms with E-state index in [1.54, 1.807) is 6.92 Å². The number of ether oxygens (including phenoxy) is 2. The van der Waals surface area contributed by atoms with E-state index in [4.69, 9.17) is 9.47 Å². The molecule has 0 atom stereocenters. The van der Waals surface area contributed by atoms with Crippen LogP contribution in [0.4, 0.5) is 5.69 Å². The molecule has 1 saturated heterocycles. The number of carbonyl (C=O) groups is 1. The average Bonchev–Trinajstić information content (AvgIpc) is 2.84. The van der Waals surface area contributed by atoms with Crippen LogP contribution in [0.5, 0.6) is 5.75 Å². The summed E-state index contributed by atoms with van der Waals surface area (Å²) in [5.41, 5.74) is 4.61. The minimum absolute atomic E-state index is 0.126. The zero-order chi connectivity index (χ0) is 24.6. The molecule has 2 aliphatic rings. The third-order valence-corrected chi connectivity index (χ3v) is 7.20. The van der Waals surface area contributed by atoms with Crippen molar-refractivity contribution in [3.8, 4) is 16.9 Å². The Morgan fingerprint density at radius 1 is 0.943 bits per heavy atom. The van der Waals surface area contributed by atoms with Crippen LogP contribution in [0.1, 0.15) is 71.3 Å². The highest BCUT2D eigenvalue weighted by atomic mass is 16.5. The smallest absolute Gasteiger partial charge is 0.223 e. The Bertz CT molecular complexity index is 968. The summed E-state index contributed by atoms with van der Waals surface area (Å²) < 4.78 is 11.6. The van der Waals surface area contributed by atoms with Gasteiger partial charge in [0.25, 0.3) is 0 Å². The van der Waals surface area contributed by atoms with Crippen LogP contribution in [-0.2, 0) is 16.1 Å². The first-order valence-corrected chi connectivity index (χ1v) is 13.5. The van der Waals surface area contributed by atoms with Crippen LogP contribution in [-0.4, -0.2) is 49.3 Å². The largest absolute Gasteiger partial charge is 0.491 e. The predicted molar refractivity (Wildman–Crippen MR) is 143 cm³/mol. The van der Waals surface area contributed by atoms with Crippen molar-refractivity contribution in [1.82, 2.24) is 4.90 Å². The van der Waals surface area contributed by atoms with E-state index in [-0.39, 0.29) is 12.0 Å². The summed E-state index contributed by atoms with van der Waals surface area (Å²) >= 11 is 0. The molecule has 0 bridgehead atoms. The number of hydrogen-bond acceptors (Lipinski definition) is 4. The predicted octanol–water partition coefficient (Wildman–Crippen LogP) is 6.44. The Kier molecular flexibility index (Phi) is 9.22. The summed E-state index contributed by atoms with van der Waals surface area (Å²) in [6, 6.07) is 15.5. The lowest BCUT2D eigenvalue weighted by molar-refractivity contribution is -0.116. The average molecular weight is 479 g/mol. The van der Waals surface area contributed by atoms with Crippen LogP contribution in [0.3, 0.4) is 0 Å². The van der Waals surface area contributed by atoms with Crippen molar-refractivity contribution in [2.75, 3.05) is 31.2 Å². The van der Waals surface area contributed by atoms with Crippen LogP contribution in [0.2, 0.25) is 0 Å². The van der Waals surface area contributed by atoms with Gasteiger partial charge in [0, 0.05) is 45.0 Å². The number of hydrogen-bond donors (Lipinski definition) is 0. The first-order chi connectivity index (χ1) is 17.0. The van der Waals surface area contributed by atoms with E-state index in [9.17, 15) is 4.79 Å². The Morgan fingerprint density at radius 2 is 1.66 bits per heavy atom. The quantitative estimate of drug-likeness (QED) is 0.507. The maximum Gasteiger partial charge on any atom is 0.223 e. The molecule has 1 amide bonds. The van der Waals surface area contributed by atoms with Crippen molar-refractivity contribution < 1.29 is 14.3 Å². The van der Waals surface area contributed by atoms with Crippen LogP contribution in [0.15, 0.2) is 42.5 Å². The summed E-state index contributed by atoms with van der Waals surface area (Å²) in [6.45, 7) is 10.2. The molecule has 0 aliphatic carbocycles. The third-order valence-electron chi connectivity index (χ3n) is 7.20. The molecule has 0 aromatic heterocycles. The molecule has 5 nitrogen and oxygen atoms in total. The summed E-state index contributed by atoms with van der Waals surface area (Å²) in [4.78, 5) is 17.4. The Morgan fingerprint density at radius 3 is 2.40 bits per heavy atom. The van der Waals surface area contributed by atoms with Gasteiger partial charge in [-0.3, -0.25) is 9.69 Å². The fourth-order valence-corrected chi connectivity index (χ4v) is 5.40. The molecular formula is C30H42N2O3. The number of rotatable bonds is 4. The van der Waals surface area contributed by atoms with Gasteiger partial charge in [-0.15, -0.1) is 0 Å². The number of anilines is 1. The Labute approximate surface area is 211 Å². The van der Waals surface area contributed by atoms with Crippen molar-refractivity contribution in [3.05, 3.63) is 48.0 Å². The molecule has 0 radical (unpaired) electrons. The monoisotopic (exact) mass is 478 g/mol. The van der Waals surface area contributed by atoms with Gasteiger partial charge in [-0.2, -0.15) is 0 Å². The zero-order valence-corrected chi connectivity index (χ0v) is 21.8. The highest BCUT2D eigenvalue weighted by molar-refractivity contribution is 5.92. The molecule has 35 heavy (non-hydrogen) atoms. The molecule has 0 saturated carbocycles. The van der Waals surface area contributed by atoms with Gasteiger partial charge in [0.1, 0.15) is 5.75 Å². The molecule has 0 unspecified atom stereocenters. The second-order valence-electron chi connectivity index (χ2n) is 10.3. The highest BCUT2D eigenvalue weighted by Gasteiger charge is 2.24. The lowest BCUT2D eigenvalue weighted by Crippen LogP contribution is -2.40. The van der Waals surface area contributed by atoms with Crippen LogP contribution in [0, 0.1) is 0 Å². The Balaban J connectivity index is 1.72. The normalized spacial score (nSPS) is 19.0. The summed E-state index contributed by atoms with van der Waals surface area (Å²) in [6.07, 6.45) is 8.27. The topological polar surface area (TPSA) is 42.0 Å². The third kappa shape index (κ3) is 7.08. The van der Waals surface area contributed by atoms with Crippen molar-refractivity contribution in [2.45, 2.75) is 84.4 Å². The molecule has 2 heterocycles. The molecule has 2 aromatic carbocycles. The zero-order valence-electron chi connectivity index (χ0n) is 21.8. The summed E-state index contributed by atoms with van der Waals surface area (Å²) in [7, 11) is 0. The molecular weight excluding hydrogens is 436 g/mol. The van der Waals surface area contributed by atoms with E-state index in [2.05, 4.69) is 55.1 Å². The molecule has 0 N–H and O–H groups in total. The van der Waals surface area contributed by atoms with Gasteiger partial charge < -0.3 is 14.4 Å². The van der Waals surface area contributed by atoms with Crippen LogP contribution >= 0.6 is 0 Å². The van der Waals surface area contributed by atoms with Gasteiger partial charge in [-0.1, -0.05) is 37.5 Å². The number of benzene rings is 2. The van der Waals surface area contributed by atoms with Crippen LogP contribution in [0.25, 0.3) is 11.1 Å². The number of nitrogens with zero attached hydrogens (tertiary/aromatic N) is 2. The minimum Gasteiger partial charge on any atom is -0.491 e. The molecule has 2 aromatic rings. The van der Waals surface area contributed by atoms with Crippen molar-refractivity contribution in [1.29, 1.82) is 0 Å². The SMILES string of the molecule is CC(=O)N1CCCCCCCN(C2CCOCC2)Cc2cc(-c3cccc(OC(C)C)c3)ccc21. The number of fused-ring (bicyclic) bond motifs is 1. The lowest BCUT2D eigenvalue weighted by Gasteiger charge is -2.36. The van der Waals surface area contributed by atoms with E-state index in [1.165, 1.54) is 36.8 Å². The van der Waals surface area contributed by atoms with E-state index in [1.807, 2.05) is 11.0 Å². The summed E-state index contributed by atoms with van der Waals surface area (Å²) in [5.74, 6) is 1.01. The maximum absolute atomic E-state index is 12.7. The lowest BCUT2D eigenvalue weighted by atomic mass is 9.98. The first kappa shape index (κ1) is 25.7. The minimum atomic E-state index is 0.126. The van der Waals surface area contributed by atoms with Gasteiger partial charge in [-0.25, -0.2) is 0 Å². The molecule has 1 fully saturated rings. The van der Waals surface area contributed by atoms with Crippen molar-refractivity contribution >= 4 is 11.6 Å². The van der Waals surface area contributed by atoms with Gasteiger partial charge in [0.05, 0.1) is 6.10 Å². The molecule has 5 heteroatoms. The van der Waals surface area contributed by atoms with Crippen molar-refractivity contribution in [2.24, 2.45) is 0 Å². The van der Waals surface area contributed by atoms with E-state index < -0.39 is 0 Å². The number of carbonyl (C=O) groups excluding carboxylic acids is 1. The molecule has 4 rings (SSSR count). The van der Waals surface area contributed by atoms with Gasteiger partial charge in [-0.05, 0) is 87.0 Å². The summed E-state index contributed by atoms with van der Waals surface area (Å²) in [5, 5.41) is 0. The first-order valence-electron chi connectivity index (χ1n) is 13.5. The molecule has 190 valence electrons.